The molecule has 2 aromatic carbocycles. The Labute approximate surface area is 127 Å². The lowest BCUT2D eigenvalue weighted by atomic mass is 10.2. The van der Waals surface area contributed by atoms with Gasteiger partial charge in [-0.3, -0.25) is 0 Å². The number of amides is 2. The fraction of sp³-hybridized carbons (Fsp3) is 0. The maximum atomic E-state index is 11.5. The third kappa shape index (κ3) is 4.22. The zero-order valence-corrected chi connectivity index (χ0v) is 11.5. The number of nitriles is 2. The zero-order chi connectivity index (χ0) is 15.8. The second-order valence-electron chi connectivity index (χ2n) is 4.27. The van der Waals surface area contributed by atoms with E-state index in [4.69, 9.17) is 10.5 Å². The number of hydrogen-bond acceptors (Lipinski definition) is 3. The fourth-order valence-electron chi connectivity index (χ4n) is 1.58. The van der Waals surface area contributed by atoms with Crippen molar-refractivity contribution in [3.05, 3.63) is 70.8 Å². The van der Waals surface area contributed by atoms with Crippen LogP contribution in [0.25, 0.3) is 0 Å². The van der Waals surface area contributed by atoms with Crippen molar-refractivity contribution in [2.45, 2.75) is 0 Å². The molecule has 2 rings (SSSR count). The number of hydrogen-bond donors (Lipinski definition) is 0. The Morgan fingerprint density at radius 3 is 1.45 bits per heavy atom. The minimum Gasteiger partial charge on any atom is -0.244 e. The molecule has 0 unspecified atom stereocenters. The van der Waals surface area contributed by atoms with Crippen LogP contribution in [-0.4, -0.2) is 18.5 Å². The molecule has 0 aliphatic heterocycles. The Morgan fingerprint density at radius 1 is 0.773 bits per heavy atom. The van der Waals surface area contributed by atoms with E-state index in [2.05, 4.69) is 9.98 Å². The molecule has 0 aliphatic rings. The van der Waals surface area contributed by atoms with Crippen LogP contribution in [0.2, 0.25) is 0 Å². The smallest absolute Gasteiger partial charge is 0.244 e. The molecule has 0 aliphatic carbocycles. The van der Waals surface area contributed by atoms with Gasteiger partial charge in [0.25, 0.3) is 0 Å². The average molecular weight is 286 g/mol. The van der Waals surface area contributed by atoms with Crippen molar-refractivity contribution in [1.82, 2.24) is 0 Å². The molecular weight excluding hydrogens is 276 g/mol. The van der Waals surface area contributed by atoms with Crippen molar-refractivity contribution in [1.29, 1.82) is 10.5 Å². The number of benzene rings is 2. The van der Waals surface area contributed by atoms with E-state index >= 15 is 0 Å². The molecule has 0 atom stereocenters. The summed E-state index contributed by atoms with van der Waals surface area (Å²) in [6, 6.07) is 16.7. The van der Waals surface area contributed by atoms with Crippen LogP contribution in [0.1, 0.15) is 22.3 Å². The van der Waals surface area contributed by atoms with Gasteiger partial charge in [-0.05, 0) is 35.4 Å². The maximum Gasteiger partial charge on any atom is 0.366 e. The zero-order valence-electron chi connectivity index (χ0n) is 11.5. The summed E-state index contributed by atoms with van der Waals surface area (Å²) in [4.78, 5) is 18.9. The van der Waals surface area contributed by atoms with E-state index in [0.29, 0.717) is 22.3 Å². The largest absolute Gasteiger partial charge is 0.366 e. The molecule has 104 valence electrons. The van der Waals surface area contributed by atoms with Gasteiger partial charge in [-0.2, -0.15) is 20.5 Å². The van der Waals surface area contributed by atoms with Gasteiger partial charge in [0.05, 0.1) is 23.3 Å². The van der Waals surface area contributed by atoms with E-state index in [-0.39, 0.29) is 0 Å². The van der Waals surface area contributed by atoms with Gasteiger partial charge in [0.15, 0.2) is 0 Å². The summed E-state index contributed by atoms with van der Waals surface area (Å²) in [5.41, 5.74) is 2.51. The third-order valence-corrected chi connectivity index (χ3v) is 2.73. The van der Waals surface area contributed by atoms with Crippen molar-refractivity contribution in [2.75, 3.05) is 0 Å². The number of rotatable bonds is 2. The minimum atomic E-state index is -0.631. The van der Waals surface area contributed by atoms with Gasteiger partial charge in [0.2, 0.25) is 0 Å². The second kappa shape index (κ2) is 7.28. The first-order chi connectivity index (χ1) is 10.7. The van der Waals surface area contributed by atoms with Crippen LogP contribution in [0.15, 0.2) is 58.5 Å². The molecule has 0 spiro atoms. The van der Waals surface area contributed by atoms with E-state index in [1.54, 1.807) is 48.5 Å². The van der Waals surface area contributed by atoms with Crippen molar-refractivity contribution in [3.8, 4) is 12.1 Å². The van der Waals surface area contributed by atoms with E-state index < -0.39 is 6.03 Å². The van der Waals surface area contributed by atoms with Crippen LogP contribution in [0.4, 0.5) is 4.79 Å². The Hall–Kier alpha value is -3.57. The Kier molecular flexibility index (Phi) is 4.90. The van der Waals surface area contributed by atoms with Crippen LogP contribution in [-0.2, 0) is 0 Å². The fourth-order valence-corrected chi connectivity index (χ4v) is 1.58. The molecule has 2 aromatic rings. The molecule has 0 heterocycles. The van der Waals surface area contributed by atoms with E-state index in [1.807, 2.05) is 12.1 Å². The maximum absolute atomic E-state index is 11.5. The molecule has 22 heavy (non-hydrogen) atoms. The lowest BCUT2D eigenvalue weighted by Crippen LogP contribution is -1.90. The van der Waals surface area contributed by atoms with Gasteiger partial charge in [0.1, 0.15) is 0 Å². The number of nitrogens with zero attached hydrogens (tertiary/aromatic N) is 4. The normalized spacial score (nSPS) is 10.5. The molecule has 5 nitrogen and oxygen atoms in total. The highest BCUT2D eigenvalue weighted by atomic mass is 16.2. The second-order valence-corrected chi connectivity index (χ2v) is 4.27. The van der Waals surface area contributed by atoms with Gasteiger partial charge >= 0.3 is 6.03 Å². The summed E-state index contributed by atoms with van der Waals surface area (Å²) < 4.78 is 0. The molecule has 5 heteroatoms. The molecular formula is C17H10N4O. The highest BCUT2D eigenvalue weighted by Gasteiger charge is 1.95. The summed E-state index contributed by atoms with van der Waals surface area (Å²) in [7, 11) is 0. The SMILES string of the molecule is N#Cc1ccc(/C=N/C(=O)/N=C/c2ccc(C#N)cc2)cc1. The quantitative estimate of drug-likeness (QED) is 0.794. The van der Waals surface area contributed by atoms with Crippen molar-refractivity contribution < 1.29 is 4.79 Å². The highest BCUT2D eigenvalue weighted by Crippen LogP contribution is 2.02. The summed E-state index contributed by atoms with van der Waals surface area (Å²) >= 11 is 0. The minimum absolute atomic E-state index is 0.544. The van der Waals surface area contributed by atoms with Crippen molar-refractivity contribution in [2.24, 2.45) is 9.98 Å². The molecule has 0 radical (unpaired) electrons. The van der Waals surface area contributed by atoms with Gasteiger partial charge in [-0.15, -0.1) is 0 Å². The highest BCUT2D eigenvalue weighted by molar-refractivity contribution is 5.97. The number of carbonyl (C=O) groups is 1. The van der Waals surface area contributed by atoms with Crippen molar-refractivity contribution >= 4 is 18.5 Å². The third-order valence-electron chi connectivity index (χ3n) is 2.73. The predicted molar refractivity (Wildman–Crippen MR) is 82.9 cm³/mol. The van der Waals surface area contributed by atoms with E-state index in [9.17, 15) is 4.79 Å². The first-order valence-corrected chi connectivity index (χ1v) is 6.34. The van der Waals surface area contributed by atoms with Crippen LogP contribution < -0.4 is 0 Å². The van der Waals surface area contributed by atoms with Gasteiger partial charge < -0.3 is 0 Å². The van der Waals surface area contributed by atoms with Crippen LogP contribution >= 0.6 is 0 Å². The Morgan fingerprint density at radius 2 is 1.14 bits per heavy atom. The molecule has 0 fully saturated rings. The predicted octanol–water partition coefficient (Wildman–Crippen LogP) is 3.09. The first kappa shape index (κ1) is 14.8. The van der Waals surface area contributed by atoms with E-state index in [1.165, 1.54) is 12.4 Å². The first-order valence-electron chi connectivity index (χ1n) is 6.34. The van der Waals surface area contributed by atoms with Gasteiger partial charge in [-0.1, -0.05) is 24.3 Å². The number of aliphatic imine (C=N–C) groups is 2. The van der Waals surface area contributed by atoms with Gasteiger partial charge in [0, 0.05) is 12.4 Å². The van der Waals surface area contributed by atoms with Crippen LogP contribution in [0.3, 0.4) is 0 Å². The molecule has 0 bridgehead atoms. The standard InChI is InChI=1S/C17H10N4O/c18-9-13-1-5-15(6-2-13)11-20-17(22)21-12-16-7-3-14(10-19)4-8-16/h1-8,11-12H/b20-11+,21-12+. The summed E-state index contributed by atoms with van der Waals surface area (Å²) in [6.45, 7) is 0. The topological polar surface area (TPSA) is 89.4 Å². The summed E-state index contributed by atoms with van der Waals surface area (Å²) in [5.74, 6) is 0. The molecule has 0 saturated heterocycles. The molecule has 2 amide bonds. The monoisotopic (exact) mass is 286 g/mol. The summed E-state index contributed by atoms with van der Waals surface area (Å²) in [5, 5.41) is 17.4. The van der Waals surface area contributed by atoms with Gasteiger partial charge in [-0.25, -0.2) is 4.79 Å². The van der Waals surface area contributed by atoms with Crippen molar-refractivity contribution in [3.63, 3.8) is 0 Å². The Bertz CT molecular complexity index is 734. The lowest BCUT2D eigenvalue weighted by Gasteiger charge is -1.93. The molecule has 0 aromatic heterocycles. The molecule has 0 saturated carbocycles. The van der Waals surface area contributed by atoms with Crippen LogP contribution in [0.5, 0.6) is 0 Å². The number of urea groups is 1. The average Bonchev–Trinajstić information content (AvgIpc) is 2.59. The van der Waals surface area contributed by atoms with E-state index in [0.717, 1.165) is 0 Å². The molecule has 0 N–H and O–H groups in total. The summed E-state index contributed by atoms with van der Waals surface area (Å²) in [6.07, 6.45) is 2.78. The Balaban J connectivity index is 1.99. The lowest BCUT2D eigenvalue weighted by molar-refractivity contribution is 0.257. The van der Waals surface area contributed by atoms with Crippen LogP contribution in [0, 0.1) is 22.7 Å². The number of carbonyl (C=O) groups excluding carboxylic acids is 1.